The van der Waals surface area contributed by atoms with Gasteiger partial charge in [0.25, 0.3) is 5.56 Å². The van der Waals surface area contributed by atoms with Crippen molar-refractivity contribution < 1.29 is 23.4 Å². The number of carbonyl (C=O) groups excluding carboxylic acids is 1. The Hall–Kier alpha value is -2.94. The number of nitrogens with one attached hydrogen (secondary N) is 2. The van der Waals surface area contributed by atoms with Crippen molar-refractivity contribution in [2.24, 2.45) is 0 Å². The monoisotopic (exact) mass is 477 g/mol. The fourth-order valence-electron chi connectivity index (χ4n) is 3.36. The molecule has 11 heteroatoms. The molecular weight excluding hydrogens is 449 g/mol. The van der Waals surface area contributed by atoms with E-state index in [1.165, 1.54) is 17.7 Å². The number of carbonyl (C=O) groups is 1. The molecule has 0 saturated heterocycles. The Balaban J connectivity index is 1.69. The summed E-state index contributed by atoms with van der Waals surface area (Å²) in [6, 6.07) is 7.39. The predicted molar refractivity (Wildman–Crippen MR) is 123 cm³/mol. The molecule has 1 aliphatic rings. The minimum absolute atomic E-state index is 0.197. The molecule has 0 unspecified atom stereocenters. The van der Waals surface area contributed by atoms with Crippen molar-refractivity contribution in [3.63, 3.8) is 0 Å². The minimum Gasteiger partial charge on any atom is -0.465 e. The van der Waals surface area contributed by atoms with E-state index in [2.05, 4.69) is 10.1 Å². The Bertz CT molecular complexity index is 1160. The van der Waals surface area contributed by atoms with Crippen molar-refractivity contribution in [2.75, 3.05) is 13.0 Å². The summed E-state index contributed by atoms with van der Waals surface area (Å²) < 4.78 is 31.5. The molecule has 0 aliphatic heterocycles. The summed E-state index contributed by atoms with van der Waals surface area (Å²) in [4.78, 5) is 38.1. The highest BCUT2D eigenvalue weighted by molar-refractivity contribution is 7.57. The third-order valence-electron chi connectivity index (χ3n) is 5.01. The molecular formula is C22H28N3O7P. The normalized spacial score (nSPS) is 20.2. The number of aryl methyl sites for hydroxylation is 1. The molecule has 1 aliphatic carbocycles. The fraction of sp³-hybridized carbons (Fsp3) is 0.409. The van der Waals surface area contributed by atoms with Crippen LogP contribution in [0.4, 0.5) is 0 Å². The second-order valence-corrected chi connectivity index (χ2v) is 9.73. The van der Waals surface area contributed by atoms with E-state index in [9.17, 15) is 18.9 Å². The minimum atomic E-state index is -3.67. The number of benzene rings is 1. The van der Waals surface area contributed by atoms with Gasteiger partial charge in [-0.05, 0) is 32.9 Å². The number of rotatable bonds is 10. The van der Waals surface area contributed by atoms with Gasteiger partial charge < -0.3 is 14.0 Å². The van der Waals surface area contributed by atoms with Gasteiger partial charge in [0, 0.05) is 18.2 Å². The van der Waals surface area contributed by atoms with Crippen LogP contribution in [-0.2, 0) is 18.8 Å². The molecule has 3 rings (SSSR count). The molecule has 0 amide bonds. The molecule has 33 heavy (non-hydrogen) atoms. The molecule has 178 valence electrons. The molecule has 10 nitrogen and oxygen atoms in total. The topological polar surface area (TPSA) is 129 Å². The summed E-state index contributed by atoms with van der Waals surface area (Å²) in [6.07, 6.45) is 4.71. The molecule has 0 spiro atoms. The first-order valence-corrected chi connectivity index (χ1v) is 12.4. The van der Waals surface area contributed by atoms with E-state index >= 15 is 0 Å². The molecule has 4 atom stereocenters. The molecule has 0 bridgehead atoms. The Labute approximate surface area is 191 Å². The molecule has 0 radical (unpaired) electrons. The smallest absolute Gasteiger partial charge is 0.342 e. The van der Waals surface area contributed by atoms with Gasteiger partial charge in [-0.25, -0.2) is 9.88 Å². The van der Waals surface area contributed by atoms with Crippen molar-refractivity contribution in [2.45, 2.75) is 45.4 Å². The van der Waals surface area contributed by atoms with Crippen molar-refractivity contribution >= 4 is 13.5 Å². The van der Waals surface area contributed by atoms with Crippen LogP contribution < -0.4 is 20.9 Å². The number of hydrogen-bond donors (Lipinski definition) is 2. The van der Waals surface area contributed by atoms with E-state index in [4.69, 9.17) is 14.0 Å². The lowest BCUT2D eigenvalue weighted by Crippen LogP contribution is -2.36. The maximum absolute atomic E-state index is 13.6. The number of esters is 1. The average molecular weight is 477 g/mol. The molecule has 1 aromatic carbocycles. The zero-order chi connectivity index (χ0) is 24.0. The fourth-order valence-corrected chi connectivity index (χ4v) is 5.09. The number of aromatic nitrogens is 2. The lowest BCUT2D eigenvalue weighted by Gasteiger charge is -2.24. The summed E-state index contributed by atoms with van der Waals surface area (Å²) in [7, 11) is -3.67. The van der Waals surface area contributed by atoms with Gasteiger partial charge in [-0.15, -0.1) is 0 Å². The number of para-hydroxylation sites is 1. The predicted octanol–water partition coefficient (Wildman–Crippen LogP) is 2.50. The first-order chi connectivity index (χ1) is 15.7. The third kappa shape index (κ3) is 6.54. The first kappa shape index (κ1) is 24.7. The summed E-state index contributed by atoms with van der Waals surface area (Å²) >= 11 is 0. The van der Waals surface area contributed by atoms with Gasteiger partial charge in [0.15, 0.2) is 0 Å². The van der Waals surface area contributed by atoms with E-state index in [1.807, 2.05) is 0 Å². The molecule has 2 aromatic rings. The van der Waals surface area contributed by atoms with Gasteiger partial charge in [-0.2, -0.15) is 0 Å². The van der Waals surface area contributed by atoms with E-state index in [1.54, 1.807) is 56.3 Å². The van der Waals surface area contributed by atoms with Crippen LogP contribution in [-0.4, -0.2) is 40.6 Å². The van der Waals surface area contributed by atoms with Crippen LogP contribution in [0, 0.1) is 6.92 Å². The number of nitrogens with zero attached hydrogens (tertiary/aromatic N) is 1. The second-order valence-electron chi connectivity index (χ2n) is 7.68. The molecule has 0 saturated carbocycles. The van der Waals surface area contributed by atoms with Gasteiger partial charge >= 0.3 is 19.2 Å². The lowest BCUT2D eigenvalue weighted by atomic mass is 10.2. The summed E-state index contributed by atoms with van der Waals surface area (Å²) in [5.41, 5.74) is -0.513. The van der Waals surface area contributed by atoms with Crippen LogP contribution in [0.3, 0.4) is 0 Å². The summed E-state index contributed by atoms with van der Waals surface area (Å²) in [5.74, 6) is -0.189. The highest BCUT2D eigenvalue weighted by Crippen LogP contribution is 2.44. The number of allylic oxidation sites excluding steroid dienone is 1. The van der Waals surface area contributed by atoms with E-state index in [0.717, 1.165) is 0 Å². The van der Waals surface area contributed by atoms with E-state index in [-0.39, 0.29) is 19.0 Å². The average Bonchev–Trinajstić information content (AvgIpc) is 3.24. The summed E-state index contributed by atoms with van der Waals surface area (Å²) in [6.45, 7) is 5.04. The lowest BCUT2D eigenvalue weighted by molar-refractivity contribution is -0.144. The van der Waals surface area contributed by atoms with E-state index < -0.39 is 36.9 Å². The quantitative estimate of drug-likeness (QED) is 0.303. The van der Waals surface area contributed by atoms with Crippen LogP contribution >= 0.6 is 7.52 Å². The van der Waals surface area contributed by atoms with Crippen LogP contribution in [0.5, 0.6) is 5.75 Å². The van der Waals surface area contributed by atoms with Gasteiger partial charge in [-0.1, -0.05) is 30.4 Å². The molecule has 1 aromatic heterocycles. The van der Waals surface area contributed by atoms with Crippen LogP contribution in [0.15, 0.2) is 58.3 Å². The number of ether oxygens (including phenoxy) is 2. The van der Waals surface area contributed by atoms with Crippen molar-refractivity contribution in [1.82, 2.24) is 14.6 Å². The zero-order valence-corrected chi connectivity index (χ0v) is 19.6. The molecule has 2 N–H and O–H groups in total. The summed E-state index contributed by atoms with van der Waals surface area (Å²) in [5, 5.41) is 2.73. The van der Waals surface area contributed by atoms with Gasteiger partial charge in [0.2, 0.25) is 0 Å². The largest absolute Gasteiger partial charge is 0.465 e. The number of H-pyrrole nitrogens is 1. The van der Waals surface area contributed by atoms with Crippen LogP contribution in [0.25, 0.3) is 0 Å². The Morgan fingerprint density at radius 2 is 2.00 bits per heavy atom. The van der Waals surface area contributed by atoms with Crippen LogP contribution in [0.2, 0.25) is 0 Å². The highest BCUT2D eigenvalue weighted by atomic mass is 31.2. The first-order valence-electron chi connectivity index (χ1n) is 10.6. The third-order valence-corrected chi connectivity index (χ3v) is 6.79. The highest BCUT2D eigenvalue weighted by Gasteiger charge is 2.33. The van der Waals surface area contributed by atoms with Crippen molar-refractivity contribution in [3.8, 4) is 5.75 Å². The van der Waals surface area contributed by atoms with Crippen molar-refractivity contribution in [3.05, 3.63) is 75.1 Å². The Kier molecular flexibility index (Phi) is 8.07. The Morgan fingerprint density at radius 3 is 2.70 bits per heavy atom. The van der Waals surface area contributed by atoms with Gasteiger partial charge in [0.1, 0.15) is 18.1 Å². The maximum Gasteiger partial charge on any atom is 0.342 e. The van der Waals surface area contributed by atoms with Crippen LogP contribution in [0.1, 0.15) is 31.9 Å². The molecule has 1 heterocycles. The molecule has 0 fully saturated rings. The Morgan fingerprint density at radius 1 is 1.27 bits per heavy atom. The maximum atomic E-state index is 13.6. The number of hydrogen-bond acceptors (Lipinski definition) is 7. The van der Waals surface area contributed by atoms with Crippen molar-refractivity contribution in [1.29, 1.82) is 0 Å². The standard InChI is InChI=1S/C22H28N3O7P/c1-4-30-21(27)16(3)24-33(29,32-18-8-6-5-7-9-18)14-31-19-11-10-17(12-19)25-13-15(2)20(26)23-22(25)28/h5-11,13,16-17,19H,4,12,14H2,1-3H3,(H,24,29)(H,23,26,28)/t16-,17+,19-,33+/m0/s1. The van der Waals surface area contributed by atoms with Gasteiger partial charge in [-0.3, -0.25) is 23.7 Å². The zero-order valence-electron chi connectivity index (χ0n) is 18.7. The second kappa shape index (κ2) is 10.8. The van der Waals surface area contributed by atoms with Gasteiger partial charge in [0.05, 0.1) is 18.8 Å². The number of aromatic amines is 1. The van der Waals surface area contributed by atoms with E-state index in [0.29, 0.717) is 17.7 Å². The SMILES string of the molecule is CCOC(=O)[C@H](C)N[P@@](=O)(CO[C@H]1C=C[C@@H](n2cc(C)c(=O)[nH]c2=O)C1)Oc1ccccc1.